The summed E-state index contributed by atoms with van der Waals surface area (Å²) in [4.78, 5) is 11.4. The largest absolute Gasteiger partial charge is 0.497 e. The lowest BCUT2D eigenvalue weighted by molar-refractivity contribution is -0.144. The smallest absolute Gasteiger partial charge is 0.323 e. The molecule has 0 saturated heterocycles. The molecule has 0 amide bonds. The molecule has 2 unspecified atom stereocenters. The van der Waals surface area contributed by atoms with Crippen LogP contribution in [0.5, 0.6) is 5.75 Å². The molecule has 0 aliphatic rings. The van der Waals surface area contributed by atoms with Crippen LogP contribution in [0.3, 0.4) is 0 Å². The normalized spacial score (nSPS) is 15.6. The molecule has 0 aliphatic heterocycles. The fourth-order valence-corrected chi connectivity index (χ4v) is 2.21. The van der Waals surface area contributed by atoms with E-state index in [4.69, 9.17) is 4.74 Å². The molecule has 0 fully saturated rings. The van der Waals surface area contributed by atoms with E-state index in [2.05, 4.69) is 5.32 Å². The third-order valence-corrected chi connectivity index (χ3v) is 3.35. The third-order valence-electron chi connectivity index (χ3n) is 3.35. The lowest BCUT2D eigenvalue weighted by Crippen LogP contribution is -2.50. The monoisotopic (exact) mass is 265 g/mol. The Morgan fingerprint density at radius 1 is 1.53 bits per heavy atom. The summed E-state index contributed by atoms with van der Waals surface area (Å²) >= 11 is 0. The zero-order chi connectivity index (χ0) is 14.5. The highest BCUT2D eigenvalue weighted by atomic mass is 16.5. The van der Waals surface area contributed by atoms with E-state index in [0.29, 0.717) is 6.42 Å². The van der Waals surface area contributed by atoms with Crippen molar-refractivity contribution in [1.29, 1.82) is 0 Å². The van der Waals surface area contributed by atoms with Gasteiger partial charge in [0.25, 0.3) is 0 Å². The summed E-state index contributed by atoms with van der Waals surface area (Å²) < 4.78 is 5.19. The van der Waals surface area contributed by atoms with Crippen molar-refractivity contribution in [2.45, 2.75) is 45.2 Å². The number of carboxylic acids is 1. The topological polar surface area (TPSA) is 58.6 Å². The molecule has 1 rings (SSSR count). The molecule has 0 heterocycles. The van der Waals surface area contributed by atoms with E-state index in [1.165, 1.54) is 0 Å². The van der Waals surface area contributed by atoms with Crippen LogP contribution in [0.15, 0.2) is 24.3 Å². The van der Waals surface area contributed by atoms with Gasteiger partial charge in [0.15, 0.2) is 0 Å². The van der Waals surface area contributed by atoms with Gasteiger partial charge in [-0.15, -0.1) is 0 Å². The van der Waals surface area contributed by atoms with Gasteiger partial charge in [0.2, 0.25) is 0 Å². The fourth-order valence-electron chi connectivity index (χ4n) is 2.21. The summed E-state index contributed by atoms with van der Waals surface area (Å²) in [6, 6.07) is 7.62. The minimum Gasteiger partial charge on any atom is -0.497 e. The van der Waals surface area contributed by atoms with E-state index in [0.717, 1.165) is 17.7 Å². The molecule has 0 spiro atoms. The number of carboxylic acid groups (broad SMARTS) is 1. The minimum atomic E-state index is -0.906. The van der Waals surface area contributed by atoms with Crippen LogP contribution in [-0.4, -0.2) is 23.7 Å². The van der Waals surface area contributed by atoms with Crippen molar-refractivity contribution in [3.63, 3.8) is 0 Å². The van der Waals surface area contributed by atoms with Crippen molar-refractivity contribution in [2.75, 3.05) is 7.11 Å². The maximum atomic E-state index is 11.4. The molecule has 2 N–H and O–H groups in total. The molecular formula is C15H23NO3. The molecule has 1 aromatic carbocycles. The lowest BCUT2D eigenvalue weighted by atomic mass is 9.94. The summed E-state index contributed by atoms with van der Waals surface area (Å²) in [5.74, 6) is -0.0391. The lowest BCUT2D eigenvalue weighted by Gasteiger charge is -2.30. The van der Waals surface area contributed by atoms with Gasteiger partial charge in [-0.2, -0.15) is 0 Å². The maximum absolute atomic E-state index is 11.4. The number of carbonyl (C=O) groups is 1. The average Bonchev–Trinajstić information content (AvgIpc) is 2.38. The van der Waals surface area contributed by atoms with Crippen molar-refractivity contribution in [2.24, 2.45) is 0 Å². The average molecular weight is 265 g/mol. The van der Waals surface area contributed by atoms with Crippen LogP contribution in [0.2, 0.25) is 0 Å². The second-order valence-electron chi connectivity index (χ2n) is 5.03. The molecule has 2 atom stereocenters. The summed E-state index contributed by atoms with van der Waals surface area (Å²) in [6.07, 6.45) is 1.41. The predicted molar refractivity (Wildman–Crippen MR) is 75.5 cm³/mol. The third kappa shape index (κ3) is 3.96. The van der Waals surface area contributed by atoms with Crippen molar-refractivity contribution in [1.82, 2.24) is 5.32 Å². The Hall–Kier alpha value is -1.55. The second kappa shape index (κ2) is 6.57. The first-order chi connectivity index (χ1) is 8.92. The molecule has 106 valence electrons. The molecule has 0 bridgehead atoms. The quantitative estimate of drug-likeness (QED) is 0.795. The number of rotatable bonds is 7. The Morgan fingerprint density at radius 2 is 2.21 bits per heavy atom. The fraction of sp³-hybridized carbons (Fsp3) is 0.533. The van der Waals surface area contributed by atoms with Crippen molar-refractivity contribution >= 4 is 5.97 Å². The van der Waals surface area contributed by atoms with Gasteiger partial charge >= 0.3 is 5.97 Å². The first-order valence-electron chi connectivity index (χ1n) is 6.58. The zero-order valence-corrected chi connectivity index (χ0v) is 12.1. The number of hydrogen-bond acceptors (Lipinski definition) is 3. The molecule has 0 saturated carbocycles. The Balaban J connectivity index is 2.87. The highest BCUT2D eigenvalue weighted by Crippen LogP contribution is 2.23. The van der Waals surface area contributed by atoms with Gasteiger partial charge in [0.05, 0.1) is 7.11 Å². The molecule has 1 aromatic rings. The van der Waals surface area contributed by atoms with Crippen LogP contribution in [0, 0.1) is 0 Å². The highest BCUT2D eigenvalue weighted by Gasteiger charge is 2.33. The molecular weight excluding hydrogens is 242 g/mol. The van der Waals surface area contributed by atoms with E-state index >= 15 is 0 Å². The van der Waals surface area contributed by atoms with Crippen molar-refractivity contribution in [3.8, 4) is 5.75 Å². The molecule has 0 radical (unpaired) electrons. The molecule has 0 aromatic heterocycles. The molecule has 19 heavy (non-hydrogen) atoms. The summed E-state index contributed by atoms with van der Waals surface area (Å²) in [7, 11) is 1.62. The molecule has 4 heteroatoms. The van der Waals surface area contributed by atoms with Gasteiger partial charge in [-0.3, -0.25) is 10.1 Å². The SMILES string of the molecule is CCCC(C)(NC(C)c1cccc(OC)c1)C(=O)O. The summed E-state index contributed by atoms with van der Waals surface area (Å²) in [5, 5.41) is 12.6. The van der Waals surface area contributed by atoms with Crippen LogP contribution in [0.4, 0.5) is 0 Å². The maximum Gasteiger partial charge on any atom is 0.323 e. The predicted octanol–water partition coefficient (Wildman–Crippen LogP) is 2.99. The Labute approximate surface area is 114 Å². The van der Waals surface area contributed by atoms with Crippen LogP contribution in [0.25, 0.3) is 0 Å². The number of nitrogens with one attached hydrogen (secondary N) is 1. The first kappa shape index (κ1) is 15.5. The van der Waals surface area contributed by atoms with Gasteiger partial charge in [0, 0.05) is 6.04 Å². The minimum absolute atomic E-state index is 0.0530. The Kier molecular flexibility index (Phi) is 5.36. The molecule has 4 nitrogen and oxygen atoms in total. The van der Waals surface area contributed by atoms with Gasteiger partial charge in [0.1, 0.15) is 11.3 Å². The highest BCUT2D eigenvalue weighted by molar-refractivity contribution is 5.78. The number of aliphatic carboxylic acids is 1. The van der Waals surface area contributed by atoms with Crippen molar-refractivity contribution in [3.05, 3.63) is 29.8 Å². The number of methoxy groups -OCH3 is 1. The van der Waals surface area contributed by atoms with E-state index < -0.39 is 11.5 Å². The van der Waals surface area contributed by atoms with Gasteiger partial charge in [-0.1, -0.05) is 25.5 Å². The van der Waals surface area contributed by atoms with E-state index in [9.17, 15) is 9.90 Å². The Bertz CT molecular complexity index is 433. The number of ether oxygens (including phenoxy) is 1. The number of benzene rings is 1. The zero-order valence-electron chi connectivity index (χ0n) is 12.1. The first-order valence-corrected chi connectivity index (χ1v) is 6.58. The van der Waals surface area contributed by atoms with Gasteiger partial charge in [-0.05, 0) is 38.0 Å². The Morgan fingerprint density at radius 3 is 2.74 bits per heavy atom. The summed E-state index contributed by atoms with van der Waals surface area (Å²) in [6.45, 7) is 5.68. The van der Waals surface area contributed by atoms with Gasteiger partial charge in [-0.25, -0.2) is 0 Å². The van der Waals surface area contributed by atoms with E-state index in [1.54, 1.807) is 14.0 Å². The number of hydrogen-bond donors (Lipinski definition) is 2. The second-order valence-corrected chi connectivity index (χ2v) is 5.03. The van der Waals surface area contributed by atoms with Crippen LogP contribution >= 0.6 is 0 Å². The van der Waals surface area contributed by atoms with Crippen molar-refractivity contribution < 1.29 is 14.6 Å². The van der Waals surface area contributed by atoms with Crippen LogP contribution < -0.4 is 10.1 Å². The standard InChI is InChI=1S/C15H23NO3/c1-5-9-15(3,14(17)18)16-11(2)12-7-6-8-13(10-12)19-4/h6-8,10-11,16H,5,9H2,1-4H3,(H,17,18). The molecule has 0 aliphatic carbocycles. The summed E-state index contributed by atoms with van der Waals surface area (Å²) in [5.41, 5.74) is 0.111. The van der Waals surface area contributed by atoms with Gasteiger partial charge < -0.3 is 9.84 Å². The van der Waals surface area contributed by atoms with Crippen LogP contribution in [0.1, 0.15) is 45.2 Å². The van der Waals surface area contributed by atoms with Crippen LogP contribution in [-0.2, 0) is 4.79 Å². The van der Waals surface area contributed by atoms with E-state index in [1.807, 2.05) is 38.1 Å². The van der Waals surface area contributed by atoms with E-state index in [-0.39, 0.29) is 6.04 Å².